The highest BCUT2D eigenvalue weighted by Gasteiger charge is 2.03. The average molecular weight is 701 g/mol. The SMILES string of the molecule is CCCOP(=O)([O-])OC.CCNC(=O)CC.CCNP(=O)([O-])OC.CCNP(=O)([O-])SC.CCNP([O-])(=S)OC. The van der Waals surface area contributed by atoms with Crippen LogP contribution in [0.25, 0.3) is 0 Å². The van der Waals surface area contributed by atoms with Crippen molar-refractivity contribution in [2.45, 2.75) is 54.4 Å². The van der Waals surface area contributed by atoms with Crippen LogP contribution >= 0.6 is 40.3 Å². The van der Waals surface area contributed by atoms with Crippen molar-refractivity contribution in [3.05, 3.63) is 0 Å². The molecule has 0 saturated carbocycles. The molecule has 0 radical (unpaired) electrons. The number of phosphoric acid groups is 1. The monoisotopic (exact) mass is 700 g/mol. The minimum absolute atomic E-state index is 0.127. The Morgan fingerprint density at radius 1 is 0.775 bits per heavy atom. The Balaban J connectivity index is -0.000000128. The summed E-state index contributed by atoms with van der Waals surface area (Å²) in [6.45, 7) is 7.07. The van der Waals surface area contributed by atoms with Crippen molar-refractivity contribution in [2.75, 3.05) is 60.4 Å². The maximum Gasteiger partial charge on any atom is 0.267 e. The van der Waals surface area contributed by atoms with Gasteiger partial charge in [-0.3, -0.25) is 29.2 Å². The fourth-order valence-corrected chi connectivity index (χ4v) is 4.58. The lowest BCUT2D eigenvalue weighted by atomic mass is 10.4. The summed E-state index contributed by atoms with van der Waals surface area (Å²) in [4.78, 5) is 52.1. The molecule has 4 N–H and O–H groups in total. The van der Waals surface area contributed by atoms with Gasteiger partial charge >= 0.3 is 0 Å². The molecule has 0 saturated heterocycles. The molecule has 0 aliphatic heterocycles. The molecule has 1 amide bonds. The van der Waals surface area contributed by atoms with Crippen LogP contribution in [0.4, 0.5) is 0 Å². The second-order valence-electron chi connectivity index (χ2n) is 6.35. The third kappa shape index (κ3) is 45.7. The van der Waals surface area contributed by atoms with Crippen LogP contribution in [-0.2, 0) is 48.4 Å². The van der Waals surface area contributed by atoms with Crippen LogP contribution < -0.4 is 40.2 Å². The molecule has 0 bridgehead atoms. The molecule has 0 spiro atoms. The molecule has 4 atom stereocenters. The van der Waals surface area contributed by atoms with E-state index in [1.54, 1.807) is 13.8 Å². The number of amides is 1. The van der Waals surface area contributed by atoms with Crippen molar-refractivity contribution in [2.24, 2.45) is 0 Å². The number of carbonyl (C=O) groups excluding carboxylic acids is 1. The third-order valence-corrected chi connectivity index (χ3v) is 10.3. The Labute approximate surface area is 249 Å². The van der Waals surface area contributed by atoms with Gasteiger partial charge in [-0.1, -0.05) is 57.8 Å². The predicted molar refractivity (Wildman–Crippen MR) is 158 cm³/mol. The normalized spacial score (nSPS) is 16.1. The largest absolute Gasteiger partial charge is 0.789 e. The summed E-state index contributed by atoms with van der Waals surface area (Å²) in [5.41, 5.74) is 0. The Bertz CT molecular complexity index is 725. The Morgan fingerprint density at radius 3 is 1.43 bits per heavy atom. The maximum atomic E-state index is 10.7. The van der Waals surface area contributed by atoms with E-state index in [4.69, 9.17) is 0 Å². The van der Waals surface area contributed by atoms with Crippen molar-refractivity contribution in [3.8, 4) is 0 Å². The fraction of sp³-hybridized carbons (Fsp3) is 0.944. The smallest absolute Gasteiger partial charge is 0.267 e. The van der Waals surface area contributed by atoms with Crippen LogP contribution in [0, 0.1) is 0 Å². The molecular formula is C18H48N4O12P4S2-4. The first-order chi connectivity index (χ1) is 18.3. The molecule has 0 aromatic heterocycles. The van der Waals surface area contributed by atoms with Gasteiger partial charge in [-0.15, -0.1) is 0 Å². The molecule has 248 valence electrons. The van der Waals surface area contributed by atoms with Crippen LogP contribution in [0.5, 0.6) is 0 Å². The van der Waals surface area contributed by atoms with Crippen molar-refractivity contribution in [1.29, 1.82) is 0 Å². The number of phosphoric ester groups is 1. The molecule has 0 fully saturated rings. The fourth-order valence-electron chi connectivity index (χ4n) is 1.35. The molecule has 16 nitrogen and oxygen atoms in total. The summed E-state index contributed by atoms with van der Waals surface area (Å²) in [5, 5.41) is 9.66. The van der Waals surface area contributed by atoms with Crippen molar-refractivity contribution in [3.63, 3.8) is 0 Å². The molecule has 0 aliphatic carbocycles. The Kier molecular flexibility index (Phi) is 39.2. The maximum absolute atomic E-state index is 10.7. The number of hydrogen-bond donors (Lipinski definition) is 4. The molecular weight excluding hydrogens is 652 g/mol. The van der Waals surface area contributed by atoms with Crippen LogP contribution in [-0.4, -0.2) is 66.3 Å². The Morgan fingerprint density at radius 2 is 1.25 bits per heavy atom. The first kappa shape index (κ1) is 50.4. The highest BCUT2D eigenvalue weighted by atomic mass is 32.7. The topological polar surface area (TPSA) is 246 Å². The molecule has 0 heterocycles. The van der Waals surface area contributed by atoms with E-state index in [0.29, 0.717) is 32.5 Å². The van der Waals surface area contributed by atoms with E-state index >= 15 is 0 Å². The van der Waals surface area contributed by atoms with Gasteiger partial charge in [-0.2, -0.15) is 0 Å². The van der Waals surface area contributed by atoms with E-state index in [-0.39, 0.29) is 12.5 Å². The molecule has 0 aromatic carbocycles. The summed E-state index contributed by atoms with van der Waals surface area (Å²) in [6, 6.07) is 0. The average Bonchev–Trinajstić information content (AvgIpc) is 2.89. The van der Waals surface area contributed by atoms with Crippen LogP contribution in [0.3, 0.4) is 0 Å². The number of rotatable bonds is 15. The zero-order valence-corrected chi connectivity index (χ0v) is 30.2. The van der Waals surface area contributed by atoms with Crippen molar-refractivity contribution < 1.29 is 56.2 Å². The van der Waals surface area contributed by atoms with Gasteiger partial charge in [0.15, 0.2) is 0 Å². The van der Waals surface area contributed by atoms with Gasteiger partial charge in [0.25, 0.3) is 7.82 Å². The summed E-state index contributed by atoms with van der Waals surface area (Å²) in [7, 11) is -4.09. The number of nitrogens with one attached hydrogen (secondary N) is 4. The molecule has 0 aromatic rings. The van der Waals surface area contributed by atoms with E-state index < -0.39 is 28.9 Å². The van der Waals surface area contributed by atoms with Gasteiger partial charge in [-0.25, -0.2) is 0 Å². The molecule has 0 aliphatic rings. The first-order valence-corrected chi connectivity index (χ1v) is 21.0. The van der Waals surface area contributed by atoms with E-state index in [9.17, 15) is 38.1 Å². The number of hydrogen-bond acceptors (Lipinski definition) is 14. The molecule has 4 unspecified atom stereocenters. The van der Waals surface area contributed by atoms with Gasteiger partial charge in [0.1, 0.15) is 6.72 Å². The third-order valence-electron chi connectivity index (χ3n) is 3.15. The summed E-state index contributed by atoms with van der Waals surface area (Å²) >= 11 is 5.31. The zero-order valence-electron chi connectivity index (χ0n) is 25.0. The molecule has 22 heteroatoms. The van der Waals surface area contributed by atoms with E-state index in [2.05, 4.69) is 50.5 Å². The first-order valence-electron chi connectivity index (χ1n) is 11.9. The van der Waals surface area contributed by atoms with E-state index in [0.717, 1.165) is 32.1 Å². The van der Waals surface area contributed by atoms with Crippen molar-refractivity contribution >= 4 is 58.0 Å². The van der Waals surface area contributed by atoms with Gasteiger partial charge in [0, 0.05) is 34.3 Å². The zero-order chi connectivity index (χ0) is 32.9. The second-order valence-corrected chi connectivity index (χ2v) is 16.9. The lowest BCUT2D eigenvalue weighted by molar-refractivity contribution is -0.223. The second kappa shape index (κ2) is 31.2. The quantitative estimate of drug-likeness (QED) is 0.174. The van der Waals surface area contributed by atoms with E-state index in [1.165, 1.54) is 13.4 Å². The van der Waals surface area contributed by atoms with E-state index in [1.807, 2.05) is 27.7 Å². The standard InChI is InChI=1S/C5H11NO.C4H11O4P.C3H10NO3P.2C3H10NO2PS/c1-3-5(7)6-4-2;1-3-4-8-9(5,6)7-2;1-3-4-8(5,6)7-2;1-3-4-7(5,6)8-2;1-3-4-7(5,8)6-2/h3-4H2,1-2H3,(H,6,7);3-4H2,1-2H3,(H,5,6);2*3H2,1-2H3,(H2,4,5,6);3H2,1-2H3,(H2,4,5,8)/p-4. The molecule has 40 heavy (non-hydrogen) atoms. The highest BCUT2D eigenvalue weighted by Crippen LogP contribution is 2.43. The number of carbonyl (C=O) groups is 1. The van der Waals surface area contributed by atoms with Crippen molar-refractivity contribution in [1.82, 2.24) is 20.6 Å². The summed E-state index contributed by atoms with van der Waals surface area (Å²) in [6.07, 6.45) is 2.79. The summed E-state index contributed by atoms with van der Waals surface area (Å²) in [5.74, 6) is 0.127. The van der Waals surface area contributed by atoms with Gasteiger partial charge in [0.2, 0.25) is 13.7 Å². The summed E-state index contributed by atoms with van der Waals surface area (Å²) < 4.78 is 47.9. The lowest BCUT2D eigenvalue weighted by Gasteiger charge is -2.25. The minimum Gasteiger partial charge on any atom is -0.789 e. The van der Waals surface area contributed by atoms with Crippen LogP contribution in [0.2, 0.25) is 0 Å². The van der Waals surface area contributed by atoms with Gasteiger partial charge < -0.3 is 47.6 Å². The minimum atomic E-state index is -3.94. The van der Waals surface area contributed by atoms with Gasteiger partial charge in [-0.05, 0) is 39.2 Å². The lowest BCUT2D eigenvalue weighted by Crippen LogP contribution is -2.20. The Hall–Kier alpha value is 0.720. The predicted octanol–water partition coefficient (Wildman–Crippen LogP) is 1.03. The van der Waals surface area contributed by atoms with Crippen LogP contribution in [0.1, 0.15) is 54.4 Å². The molecule has 0 rings (SSSR count). The highest BCUT2D eigenvalue weighted by molar-refractivity contribution is 8.54. The van der Waals surface area contributed by atoms with Gasteiger partial charge in [0.05, 0.1) is 13.2 Å². The van der Waals surface area contributed by atoms with Crippen LogP contribution in [0.15, 0.2) is 0 Å².